The van der Waals surface area contributed by atoms with Gasteiger partial charge in [-0.1, -0.05) is 0 Å². The summed E-state index contributed by atoms with van der Waals surface area (Å²) in [5, 5.41) is 2.89. The molecule has 3 aromatic heterocycles. The Labute approximate surface area is 264 Å². The molecule has 1 N–H and O–H groups in total. The van der Waals surface area contributed by atoms with Crippen molar-refractivity contribution in [3.63, 3.8) is 0 Å². The second-order valence-electron chi connectivity index (χ2n) is 10.8. The molecule has 2 aliphatic rings. The molecule has 0 aromatic carbocycles. The number of amides is 1. The van der Waals surface area contributed by atoms with Crippen LogP contribution in [0, 0.1) is 0 Å². The Kier molecular flexibility index (Phi) is 10.2. The summed E-state index contributed by atoms with van der Waals surface area (Å²) in [5.41, 5.74) is 3.62. The predicted molar refractivity (Wildman–Crippen MR) is 164 cm³/mol. The van der Waals surface area contributed by atoms with Gasteiger partial charge in [-0.2, -0.15) is 0 Å². The number of piperazine rings is 2. The monoisotopic (exact) mass is 699 g/mol. The zero-order valence-corrected chi connectivity index (χ0v) is 27.4. The van der Waals surface area contributed by atoms with Crippen LogP contribution in [0.3, 0.4) is 0 Å². The van der Waals surface area contributed by atoms with Crippen LogP contribution in [0.25, 0.3) is 5.57 Å². The summed E-state index contributed by atoms with van der Waals surface area (Å²) in [7, 11) is 3.97. The van der Waals surface area contributed by atoms with Crippen LogP contribution in [0.2, 0.25) is 0 Å². The molecule has 2 fully saturated rings. The van der Waals surface area contributed by atoms with Crippen LogP contribution in [-0.4, -0.2) is 112 Å². The number of anilines is 2. The van der Waals surface area contributed by atoms with Crippen molar-refractivity contribution < 1.29 is 35.8 Å². The molecule has 11 nitrogen and oxygen atoms in total. The van der Waals surface area contributed by atoms with Gasteiger partial charge in [0, 0.05) is 19.6 Å². The van der Waals surface area contributed by atoms with Gasteiger partial charge in [0.2, 0.25) is 5.91 Å². The molecule has 1 unspecified atom stereocenters. The fourth-order valence-corrected chi connectivity index (χ4v) is 6.80. The number of ether oxygens (including phenoxy) is 1. The number of carbonyl (C=O) groups excluding carboxylic acids is 2. The third-order valence-electron chi connectivity index (χ3n) is 7.83. The topological polar surface area (TPSA) is 99.1 Å². The Hall–Kier alpha value is -3.65. The molecule has 1 amide bonds. The van der Waals surface area contributed by atoms with Gasteiger partial charge in [-0.3, -0.25) is 9.69 Å². The predicted octanol–water partition coefficient (Wildman–Crippen LogP) is -0.951. The van der Waals surface area contributed by atoms with E-state index < -0.39 is 0 Å². The third-order valence-corrected chi connectivity index (χ3v) is 9.71. The standard InChI is InChI=1S/C31H40IN8O3/c1-23-31(42)33-10-12-37(23)17-18-43-25-6-8-30(35-20-25)39-15-13-38(14-16-39)29-7-5-24(19-34-29)27(21-36(3)4)26-9-11-40(32-2)28(26)22-41/h5-9,11,19-23H,10,12-18H2,1-4H3,(H,33,42)/q-1/b27-21-. The van der Waals surface area contributed by atoms with Crippen LogP contribution < -0.4 is 41.3 Å². The molecule has 0 bridgehead atoms. The second kappa shape index (κ2) is 14.2. The summed E-state index contributed by atoms with van der Waals surface area (Å²) < 4.78 is 7.98. The van der Waals surface area contributed by atoms with E-state index in [-0.39, 0.29) is 33.4 Å². The summed E-state index contributed by atoms with van der Waals surface area (Å²) in [6.45, 7) is 8.02. The average molecular weight is 700 g/mol. The average Bonchev–Trinajstić information content (AvgIpc) is 3.45. The minimum atomic E-state index is -0.265. The first kappa shape index (κ1) is 30.8. The quantitative estimate of drug-likeness (QED) is 0.155. The van der Waals surface area contributed by atoms with E-state index in [1.165, 1.54) is 0 Å². The molecule has 2 saturated heterocycles. The molecule has 0 radical (unpaired) electrons. The number of nitrogens with one attached hydrogen (secondary N) is 1. The Morgan fingerprint density at radius 2 is 1.74 bits per heavy atom. The number of alkyl halides is 1. The van der Waals surface area contributed by atoms with Crippen molar-refractivity contribution >= 4 is 29.4 Å². The van der Waals surface area contributed by atoms with Crippen LogP contribution >= 0.6 is 0 Å². The summed E-state index contributed by atoms with van der Waals surface area (Å²) in [6, 6.07) is 10.0. The van der Waals surface area contributed by atoms with Crippen LogP contribution in [0.15, 0.2) is 55.1 Å². The number of pyridine rings is 2. The Morgan fingerprint density at radius 3 is 2.33 bits per heavy atom. The molecule has 0 spiro atoms. The molecular weight excluding hydrogens is 659 g/mol. The SMILES string of the molecule is C[I-]n1ccc(/C(=C\N(C)C)c2ccc(N3CCN(c4ccc(OCCN5CCNC(=O)C5C)cn4)CC3)nc2)c1C=O. The van der Waals surface area contributed by atoms with Crippen molar-refractivity contribution in [2.24, 2.45) is 0 Å². The number of aldehydes is 1. The number of hydrogen-bond acceptors (Lipinski definition) is 9. The number of nitrogens with zero attached hydrogens (tertiary/aromatic N) is 7. The van der Waals surface area contributed by atoms with Crippen molar-refractivity contribution in [1.82, 2.24) is 27.9 Å². The Morgan fingerprint density at radius 1 is 1.05 bits per heavy atom. The summed E-state index contributed by atoms with van der Waals surface area (Å²) in [5.74, 6) is 2.68. The van der Waals surface area contributed by atoms with Crippen LogP contribution in [-0.2, 0) is 4.79 Å². The van der Waals surface area contributed by atoms with Crippen molar-refractivity contribution in [1.29, 1.82) is 0 Å². The van der Waals surface area contributed by atoms with E-state index in [2.05, 4.69) is 51.0 Å². The second-order valence-corrected chi connectivity index (χ2v) is 12.8. The number of rotatable bonds is 11. The van der Waals surface area contributed by atoms with Gasteiger partial charge in [-0.05, 0) is 19.1 Å². The Balaban J connectivity index is 1.16. The van der Waals surface area contributed by atoms with E-state index in [1.807, 2.05) is 56.5 Å². The van der Waals surface area contributed by atoms with Gasteiger partial charge in [0.25, 0.3) is 0 Å². The van der Waals surface area contributed by atoms with Gasteiger partial charge in [0.1, 0.15) is 18.2 Å². The zero-order valence-electron chi connectivity index (χ0n) is 25.2. The minimum absolute atomic E-state index is 0.0741. The van der Waals surface area contributed by atoms with E-state index in [4.69, 9.17) is 9.72 Å². The first-order chi connectivity index (χ1) is 20.9. The fourth-order valence-electron chi connectivity index (χ4n) is 5.43. The van der Waals surface area contributed by atoms with Gasteiger partial charge in [-0.25, -0.2) is 4.98 Å². The van der Waals surface area contributed by atoms with Crippen molar-refractivity contribution in [2.45, 2.75) is 13.0 Å². The number of carbonyl (C=O) groups is 2. The molecule has 5 rings (SSSR count). The van der Waals surface area contributed by atoms with Crippen molar-refractivity contribution in [2.75, 3.05) is 81.2 Å². The zero-order chi connectivity index (χ0) is 30.3. The van der Waals surface area contributed by atoms with Crippen LogP contribution in [0.4, 0.5) is 11.6 Å². The number of aromatic nitrogens is 3. The molecule has 1 atom stereocenters. The maximum absolute atomic E-state index is 11.9. The van der Waals surface area contributed by atoms with Crippen molar-refractivity contribution in [3.05, 3.63) is 71.9 Å². The van der Waals surface area contributed by atoms with E-state index in [0.29, 0.717) is 19.7 Å². The molecule has 12 heteroatoms. The van der Waals surface area contributed by atoms with Crippen LogP contribution in [0.5, 0.6) is 5.75 Å². The summed E-state index contributed by atoms with van der Waals surface area (Å²) >= 11 is -0.265. The number of halogens is 1. The van der Waals surface area contributed by atoms with E-state index >= 15 is 0 Å². The van der Waals surface area contributed by atoms with Crippen LogP contribution in [0.1, 0.15) is 28.5 Å². The normalized spacial score (nSPS) is 18.1. The van der Waals surface area contributed by atoms with Gasteiger partial charge >= 0.3 is 165 Å². The molecule has 230 valence electrons. The molecule has 5 heterocycles. The Bertz CT molecular complexity index is 1420. The van der Waals surface area contributed by atoms with E-state index in [1.54, 1.807) is 6.20 Å². The third kappa shape index (κ3) is 7.29. The van der Waals surface area contributed by atoms with Crippen molar-refractivity contribution in [3.8, 4) is 5.75 Å². The van der Waals surface area contributed by atoms with E-state index in [0.717, 1.165) is 78.8 Å². The van der Waals surface area contributed by atoms with Gasteiger partial charge < -0.3 is 10.1 Å². The van der Waals surface area contributed by atoms with Gasteiger partial charge in [-0.15, -0.1) is 0 Å². The maximum atomic E-state index is 11.9. The van der Waals surface area contributed by atoms with Gasteiger partial charge in [0.15, 0.2) is 0 Å². The first-order valence-corrected chi connectivity index (χ1v) is 17.6. The molecule has 0 aliphatic carbocycles. The molecule has 3 aromatic rings. The molecular formula is C31H40IN8O3-. The molecule has 2 aliphatic heterocycles. The molecule has 0 saturated carbocycles. The fraction of sp³-hybridized carbons (Fsp3) is 0.419. The van der Waals surface area contributed by atoms with Gasteiger partial charge in [0.05, 0.1) is 12.2 Å². The molecule has 43 heavy (non-hydrogen) atoms. The number of hydrogen-bond donors (Lipinski definition) is 1. The summed E-state index contributed by atoms with van der Waals surface area (Å²) in [4.78, 5) is 44.1. The first-order valence-electron chi connectivity index (χ1n) is 14.5. The summed E-state index contributed by atoms with van der Waals surface area (Å²) in [6.07, 6.45) is 8.70. The van der Waals surface area contributed by atoms with E-state index in [9.17, 15) is 9.59 Å².